The number of fused-ring (bicyclic) bond motifs is 2. The Labute approximate surface area is 214 Å². The van der Waals surface area contributed by atoms with Gasteiger partial charge in [0.05, 0.1) is 23.6 Å². The van der Waals surface area contributed by atoms with Gasteiger partial charge >= 0.3 is 11.9 Å². The third-order valence-electron chi connectivity index (χ3n) is 6.56. The van der Waals surface area contributed by atoms with Crippen molar-refractivity contribution in [3.05, 3.63) is 60.6 Å². The quantitative estimate of drug-likeness (QED) is 0.304. The number of nitrogens with zero attached hydrogens (tertiary/aromatic N) is 8. The fourth-order valence-corrected chi connectivity index (χ4v) is 4.70. The molecule has 0 amide bonds. The zero-order valence-electron chi connectivity index (χ0n) is 20.0. The third kappa shape index (κ3) is 3.99. The summed E-state index contributed by atoms with van der Waals surface area (Å²) in [6.45, 7) is 2.24. The molecule has 0 spiro atoms. The largest absolute Gasteiger partial charge is 0.508 e. The van der Waals surface area contributed by atoms with Crippen molar-refractivity contribution in [1.82, 2.24) is 29.3 Å². The predicted molar refractivity (Wildman–Crippen MR) is 137 cm³/mol. The van der Waals surface area contributed by atoms with Gasteiger partial charge in [0, 0.05) is 37.3 Å². The van der Waals surface area contributed by atoms with E-state index < -0.39 is 11.9 Å². The van der Waals surface area contributed by atoms with Crippen molar-refractivity contribution in [2.75, 3.05) is 36.0 Å². The first-order valence-electron chi connectivity index (χ1n) is 11.8. The fraction of sp³-hybridized carbons (Fsp3) is 0.200. The van der Waals surface area contributed by atoms with E-state index in [1.54, 1.807) is 24.3 Å². The number of aromatic nitrogens is 6. The monoisotopic (exact) mass is 514 g/mol. The molecule has 0 atom stereocenters. The van der Waals surface area contributed by atoms with Gasteiger partial charge in [-0.15, -0.1) is 0 Å². The van der Waals surface area contributed by atoms with Crippen LogP contribution in [0.15, 0.2) is 55.0 Å². The summed E-state index contributed by atoms with van der Waals surface area (Å²) < 4.78 is 2.95. The number of aliphatic carboxylic acids is 1. The maximum atomic E-state index is 11.7. The first-order chi connectivity index (χ1) is 18.4. The number of aromatic hydroxyl groups is 1. The number of imidazole rings is 1. The highest BCUT2D eigenvalue weighted by Gasteiger charge is 2.24. The number of carboxylic acid groups (broad SMARTS) is 2. The summed E-state index contributed by atoms with van der Waals surface area (Å²) in [4.78, 5) is 41.3. The van der Waals surface area contributed by atoms with E-state index in [0.29, 0.717) is 60.0 Å². The molecule has 6 rings (SSSR count). The Kier molecular flexibility index (Phi) is 5.52. The number of rotatable bonds is 6. The number of piperazine rings is 1. The third-order valence-corrected chi connectivity index (χ3v) is 6.56. The van der Waals surface area contributed by atoms with Gasteiger partial charge in [-0.2, -0.15) is 15.1 Å². The van der Waals surface area contributed by atoms with Crippen LogP contribution in [0.5, 0.6) is 5.75 Å². The van der Waals surface area contributed by atoms with Crippen LogP contribution in [0.1, 0.15) is 10.4 Å². The Morgan fingerprint density at radius 1 is 0.921 bits per heavy atom. The van der Waals surface area contributed by atoms with Gasteiger partial charge in [-0.3, -0.25) is 4.79 Å². The van der Waals surface area contributed by atoms with E-state index in [-0.39, 0.29) is 17.9 Å². The van der Waals surface area contributed by atoms with Crippen molar-refractivity contribution in [3.63, 3.8) is 0 Å². The lowest BCUT2D eigenvalue weighted by atomic mass is 10.1. The Morgan fingerprint density at radius 3 is 2.37 bits per heavy atom. The lowest BCUT2D eigenvalue weighted by molar-refractivity contribution is -0.137. The van der Waals surface area contributed by atoms with Crippen LogP contribution in [0, 0.1) is 0 Å². The minimum atomic E-state index is -1.07. The molecule has 1 saturated heterocycles. The van der Waals surface area contributed by atoms with Crippen molar-refractivity contribution in [2.45, 2.75) is 6.54 Å². The smallest absolute Gasteiger partial charge is 0.336 e. The molecule has 0 aliphatic carbocycles. The molecule has 1 aliphatic rings. The van der Waals surface area contributed by atoms with E-state index in [1.165, 1.54) is 27.8 Å². The minimum absolute atomic E-state index is 0.112. The van der Waals surface area contributed by atoms with Crippen molar-refractivity contribution < 1.29 is 24.9 Å². The average Bonchev–Trinajstić information content (AvgIpc) is 3.52. The average molecular weight is 515 g/mol. The first-order valence-corrected chi connectivity index (χ1v) is 11.8. The van der Waals surface area contributed by atoms with E-state index in [4.69, 9.17) is 4.98 Å². The van der Waals surface area contributed by atoms with E-state index in [9.17, 15) is 24.9 Å². The van der Waals surface area contributed by atoms with Crippen molar-refractivity contribution in [1.29, 1.82) is 0 Å². The summed E-state index contributed by atoms with van der Waals surface area (Å²) >= 11 is 0. The van der Waals surface area contributed by atoms with E-state index in [2.05, 4.69) is 20.0 Å². The molecule has 13 nitrogen and oxygen atoms in total. The zero-order chi connectivity index (χ0) is 26.4. The van der Waals surface area contributed by atoms with Crippen LogP contribution in [0.2, 0.25) is 0 Å². The zero-order valence-corrected chi connectivity index (χ0v) is 20.0. The molecule has 5 aromatic rings. The van der Waals surface area contributed by atoms with Crippen LogP contribution in [-0.2, 0) is 11.3 Å². The minimum Gasteiger partial charge on any atom is -0.508 e. The molecule has 0 radical (unpaired) electrons. The Hall–Kier alpha value is -5.20. The molecule has 38 heavy (non-hydrogen) atoms. The van der Waals surface area contributed by atoms with Crippen LogP contribution in [0.4, 0.5) is 11.6 Å². The Bertz CT molecular complexity index is 1690. The summed E-state index contributed by atoms with van der Waals surface area (Å²) in [5, 5.41) is 33.4. The molecule has 3 N–H and O–H groups in total. The van der Waals surface area contributed by atoms with E-state index >= 15 is 0 Å². The van der Waals surface area contributed by atoms with Gasteiger partial charge in [0.1, 0.15) is 12.3 Å². The number of aromatic carboxylic acids is 1. The molecular weight excluding hydrogens is 492 g/mol. The standard InChI is InChI=1S/C25H22N8O5/c34-16-6-4-15(5-7-16)30-8-10-31(11-9-30)25-28-22-21(26-14-32(22)13-20(35)36)23(29-25)33-19-3-1-2-17(24(37)38)18(19)12-27-33/h1-7,12,14,34H,8-11,13H2,(H,35,36)(H,37,38). The summed E-state index contributed by atoms with van der Waals surface area (Å²) in [6, 6.07) is 11.9. The second-order valence-electron chi connectivity index (χ2n) is 8.88. The highest BCUT2D eigenvalue weighted by atomic mass is 16.4. The number of phenols is 1. The number of carboxylic acids is 2. The number of anilines is 2. The van der Waals surface area contributed by atoms with Gasteiger partial charge < -0.3 is 29.7 Å². The number of hydrogen-bond donors (Lipinski definition) is 3. The van der Waals surface area contributed by atoms with Gasteiger partial charge in [-0.05, 0) is 36.4 Å². The molecule has 0 bridgehead atoms. The number of hydrogen-bond acceptors (Lipinski definition) is 9. The first kappa shape index (κ1) is 23.2. The molecule has 1 fully saturated rings. The highest BCUT2D eigenvalue weighted by Crippen LogP contribution is 2.28. The summed E-state index contributed by atoms with van der Waals surface area (Å²) in [6.07, 6.45) is 2.87. The van der Waals surface area contributed by atoms with Gasteiger partial charge in [0.2, 0.25) is 5.95 Å². The van der Waals surface area contributed by atoms with Gasteiger partial charge in [-0.25, -0.2) is 14.5 Å². The summed E-state index contributed by atoms with van der Waals surface area (Å²) in [5.74, 6) is -1.18. The topological polar surface area (TPSA) is 163 Å². The van der Waals surface area contributed by atoms with Gasteiger partial charge in [-0.1, -0.05) is 6.07 Å². The molecular formula is C25H22N8O5. The molecule has 2 aromatic carbocycles. The summed E-state index contributed by atoms with van der Waals surface area (Å²) in [5.41, 5.74) is 2.33. The molecule has 3 aromatic heterocycles. The van der Waals surface area contributed by atoms with Gasteiger partial charge in [0.25, 0.3) is 0 Å². The van der Waals surface area contributed by atoms with Crippen LogP contribution in [0.25, 0.3) is 27.9 Å². The molecule has 1 aliphatic heterocycles. The van der Waals surface area contributed by atoms with Crippen molar-refractivity contribution in [2.24, 2.45) is 0 Å². The second kappa shape index (κ2) is 9.03. The summed E-state index contributed by atoms with van der Waals surface area (Å²) in [7, 11) is 0. The maximum Gasteiger partial charge on any atom is 0.336 e. The highest BCUT2D eigenvalue weighted by molar-refractivity contribution is 6.03. The Balaban J connectivity index is 1.42. The second-order valence-corrected chi connectivity index (χ2v) is 8.88. The van der Waals surface area contributed by atoms with Crippen LogP contribution < -0.4 is 9.80 Å². The fourth-order valence-electron chi connectivity index (χ4n) is 4.70. The lowest BCUT2D eigenvalue weighted by Crippen LogP contribution is -2.47. The van der Waals surface area contributed by atoms with E-state index in [0.717, 1.165) is 5.69 Å². The van der Waals surface area contributed by atoms with Crippen LogP contribution in [-0.4, -0.2) is 82.7 Å². The van der Waals surface area contributed by atoms with Crippen LogP contribution >= 0.6 is 0 Å². The molecule has 0 saturated carbocycles. The van der Waals surface area contributed by atoms with Crippen LogP contribution in [0.3, 0.4) is 0 Å². The normalized spacial score (nSPS) is 13.9. The van der Waals surface area contributed by atoms with Crippen molar-refractivity contribution >= 4 is 45.6 Å². The molecule has 0 unspecified atom stereocenters. The lowest BCUT2D eigenvalue weighted by Gasteiger charge is -2.36. The SMILES string of the molecule is O=C(O)Cn1cnc2c(-n3ncc4c(C(=O)O)cccc43)nc(N3CCN(c4ccc(O)cc4)CC3)nc21. The van der Waals surface area contributed by atoms with Crippen molar-refractivity contribution in [3.8, 4) is 11.6 Å². The number of benzene rings is 2. The Morgan fingerprint density at radius 2 is 1.66 bits per heavy atom. The maximum absolute atomic E-state index is 11.7. The molecule has 4 heterocycles. The van der Waals surface area contributed by atoms with Gasteiger partial charge in [0.15, 0.2) is 17.0 Å². The predicted octanol–water partition coefficient (Wildman–Crippen LogP) is 1.98. The molecule has 192 valence electrons. The number of carbonyl (C=O) groups is 2. The molecule has 13 heteroatoms. The van der Waals surface area contributed by atoms with E-state index in [1.807, 2.05) is 17.0 Å². The number of phenolic OH excluding ortho intramolecular Hbond substituents is 1.